The van der Waals surface area contributed by atoms with Crippen molar-refractivity contribution in [1.82, 2.24) is 0 Å². The fourth-order valence-corrected chi connectivity index (χ4v) is 1.65. The van der Waals surface area contributed by atoms with Gasteiger partial charge in [-0.2, -0.15) is 13.2 Å². The van der Waals surface area contributed by atoms with Crippen LogP contribution in [0.2, 0.25) is 0 Å². The largest absolute Gasteiger partial charge is 0.419 e. The molecule has 0 aliphatic rings. The number of benzene rings is 1. The van der Waals surface area contributed by atoms with Gasteiger partial charge in [0.1, 0.15) is 5.82 Å². The van der Waals surface area contributed by atoms with Gasteiger partial charge in [-0.3, -0.25) is 0 Å². The van der Waals surface area contributed by atoms with Crippen LogP contribution in [0.3, 0.4) is 0 Å². The van der Waals surface area contributed by atoms with Gasteiger partial charge >= 0.3 is 6.18 Å². The summed E-state index contributed by atoms with van der Waals surface area (Å²) >= 11 is 0. The van der Waals surface area contributed by atoms with Gasteiger partial charge in [-0.05, 0) is 18.2 Å². The van der Waals surface area contributed by atoms with Gasteiger partial charge in [0.2, 0.25) is 0 Å². The Bertz CT molecular complexity index is 480. The van der Waals surface area contributed by atoms with E-state index >= 15 is 0 Å². The lowest BCUT2D eigenvalue weighted by Gasteiger charge is -2.08. The average Bonchev–Trinajstić information content (AvgIpc) is 2.00. The first-order valence-corrected chi connectivity index (χ1v) is 5.75. The highest BCUT2D eigenvalue weighted by Gasteiger charge is 2.35. The van der Waals surface area contributed by atoms with Crippen LogP contribution in [0, 0.1) is 5.82 Å². The lowest BCUT2D eigenvalue weighted by Crippen LogP contribution is -2.09. The highest BCUT2D eigenvalue weighted by Crippen LogP contribution is 2.33. The molecule has 1 rings (SSSR count). The number of rotatable bonds is 1. The van der Waals surface area contributed by atoms with Gasteiger partial charge in [-0.1, -0.05) is 0 Å². The van der Waals surface area contributed by atoms with E-state index in [-0.39, 0.29) is 6.07 Å². The van der Waals surface area contributed by atoms with E-state index in [1.165, 1.54) is 0 Å². The highest BCUT2D eigenvalue weighted by atomic mass is 35.7. The van der Waals surface area contributed by atoms with E-state index < -0.39 is 31.5 Å². The molecule has 0 heterocycles. The molecule has 0 saturated carbocycles. The van der Waals surface area contributed by atoms with Crippen molar-refractivity contribution in [3.8, 4) is 0 Å². The van der Waals surface area contributed by atoms with Crippen LogP contribution in [0.25, 0.3) is 0 Å². The number of hydrogen-bond acceptors (Lipinski definition) is 2. The van der Waals surface area contributed by atoms with Gasteiger partial charge in [0.25, 0.3) is 9.05 Å². The van der Waals surface area contributed by atoms with Crippen molar-refractivity contribution < 1.29 is 26.0 Å². The van der Waals surface area contributed by atoms with Crippen LogP contribution in [0.1, 0.15) is 5.56 Å². The molecule has 0 spiro atoms. The zero-order valence-corrected chi connectivity index (χ0v) is 8.42. The van der Waals surface area contributed by atoms with E-state index in [9.17, 15) is 26.0 Å². The Morgan fingerprint density at radius 1 is 1.20 bits per heavy atom. The first-order chi connectivity index (χ1) is 6.62. The molecular formula is C7H3ClF4O2S. The molecule has 0 fully saturated rings. The van der Waals surface area contributed by atoms with Crippen LogP contribution >= 0.6 is 10.7 Å². The predicted molar refractivity (Wildman–Crippen MR) is 44.4 cm³/mol. The van der Waals surface area contributed by atoms with Gasteiger partial charge in [-0.15, -0.1) is 0 Å². The molecule has 1 aromatic carbocycles. The standard InChI is InChI=1S/C7H3ClF4O2S/c8-15(13,14)4-1-2-6(9)5(3-4)7(10,11)12/h1-3H. The molecule has 0 aliphatic carbocycles. The molecule has 0 N–H and O–H groups in total. The van der Waals surface area contributed by atoms with Gasteiger partial charge in [0.05, 0.1) is 10.5 Å². The first-order valence-electron chi connectivity index (χ1n) is 3.44. The molecule has 0 saturated heterocycles. The number of alkyl halides is 3. The van der Waals surface area contributed by atoms with Crippen molar-refractivity contribution in [2.45, 2.75) is 11.1 Å². The molecule has 0 aromatic heterocycles. The third-order valence-electron chi connectivity index (χ3n) is 1.52. The normalized spacial score (nSPS) is 12.9. The number of hydrogen-bond donors (Lipinski definition) is 0. The molecule has 0 amide bonds. The van der Waals surface area contributed by atoms with E-state index in [2.05, 4.69) is 0 Å². The summed E-state index contributed by atoms with van der Waals surface area (Å²) in [6, 6.07) is 1.21. The maximum atomic E-state index is 12.7. The molecule has 2 nitrogen and oxygen atoms in total. The molecular weight excluding hydrogens is 260 g/mol. The summed E-state index contributed by atoms with van der Waals surface area (Å²) in [5, 5.41) is 0. The van der Waals surface area contributed by atoms with Crippen molar-refractivity contribution in [3.05, 3.63) is 29.6 Å². The lowest BCUT2D eigenvalue weighted by atomic mass is 10.2. The second-order valence-electron chi connectivity index (χ2n) is 2.58. The van der Waals surface area contributed by atoms with Gasteiger partial charge in [0.15, 0.2) is 0 Å². The van der Waals surface area contributed by atoms with Crippen LogP contribution < -0.4 is 0 Å². The lowest BCUT2D eigenvalue weighted by molar-refractivity contribution is -0.140. The monoisotopic (exact) mass is 262 g/mol. The predicted octanol–water partition coefficient (Wildman–Crippen LogP) is 2.77. The summed E-state index contributed by atoms with van der Waals surface area (Å²) in [7, 11) is 0.519. The van der Waals surface area contributed by atoms with Gasteiger partial charge in [0, 0.05) is 10.7 Å². The molecule has 0 radical (unpaired) electrons. The van der Waals surface area contributed by atoms with Crippen LogP contribution in [-0.4, -0.2) is 8.42 Å². The minimum absolute atomic E-state index is 0.150. The Morgan fingerprint density at radius 2 is 1.73 bits per heavy atom. The van der Waals surface area contributed by atoms with Crippen molar-refractivity contribution in [1.29, 1.82) is 0 Å². The minimum Gasteiger partial charge on any atom is -0.207 e. The first kappa shape index (κ1) is 12.3. The minimum atomic E-state index is -4.96. The SMILES string of the molecule is O=S(=O)(Cl)c1ccc(F)c(C(F)(F)F)c1. The zero-order chi connectivity index (χ0) is 11.9. The average molecular weight is 263 g/mol. The molecule has 84 valence electrons. The van der Waals surface area contributed by atoms with Crippen molar-refractivity contribution in [2.24, 2.45) is 0 Å². The summed E-state index contributed by atoms with van der Waals surface area (Å²) in [6.07, 6.45) is -4.96. The Labute approximate surface area is 86.9 Å². The van der Waals surface area contributed by atoms with Crippen molar-refractivity contribution in [2.75, 3.05) is 0 Å². The molecule has 1 aromatic rings. The van der Waals surface area contributed by atoms with E-state index in [1.54, 1.807) is 0 Å². The van der Waals surface area contributed by atoms with Crippen LogP contribution in [-0.2, 0) is 15.2 Å². The smallest absolute Gasteiger partial charge is 0.207 e. The Morgan fingerprint density at radius 3 is 2.13 bits per heavy atom. The van der Waals surface area contributed by atoms with E-state index in [4.69, 9.17) is 10.7 Å². The Balaban J connectivity index is 3.43. The fourth-order valence-electron chi connectivity index (χ4n) is 0.873. The summed E-state index contributed by atoms with van der Waals surface area (Å²) in [6.45, 7) is 0. The topological polar surface area (TPSA) is 34.1 Å². The molecule has 0 unspecified atom stereocenters. The third kappa shape index (κ3) is 2.82. The zero-order valence-electron chi connectivity index (χ0n) is 6.85. The molecule has 15 heavy (non-hydrogen) atoms. The van der Waals surface area contributed by atoms with Gasteiger partial charge in [-0.25, -0.2) is 12.8 Å². The van der Waals surface area contributed by atoms with E-state index in [0.29, 0.717) is 12.1 Å². The quantitative estimate of drug-likeness (QED) is 0.576. The van der Waals surface area contributed by atoms with E-state index in [0.717, 1.165) is 0 Å². The maximum absolute atomic E-state index is 12.7. The van der Waals surface area contributed by atoms with Crippen LogP contribution in [0.15, 0.2) is 23.1 Å². The fraction of sp³-hybridized carbons (Fsp3) is 0.143. The van der Waals surface area contributed by atoms with Crippen LogP contribution in [0.5, 0.6) is 0 Å². The Hall–Kier alpha value is -0.820. The Kier molecular flexibility index (Phi) is 2.97. The van der Waals surface area contributed by atoms with Crippen molar-refractivity contribution in [3.63, 3.8) is 0 Å². The summed E-state index contributed by atoms with van der Waals surface area (Å²) in [5.41, 5.74) is -1.66. The van der Waals surface area contributed by atoms with Crippen molar-refractivity contribution >= 4 is 19.7 Å². The maximum Gasteiger partial charge on any atom is 0.419 e. The third-order valence-corrected chi connectivity index (χ3v) is 2.88. The molecule has 8 heteroatoms. The summed E-state index contributed by atoms with van der Waals surface area (Å²) < 4.78 is 70.5. The molecule has 0 atom stereocenters. The summed E-state index contributed by atoms with van der Waals surface area (Å²) in [5.74, 6) is -1.55. The van der Waals surface area contributed by atoms with E-state index in [1.807, 2.05) is 0 Å². The summed E-state index contributed by atoms with van der Waals surface area (Å²) in [4.78, 5) is -0.794. The van der Waals surface area contributed by atoms with Gasteiger partial charge < -0.3 is 0 Å². The second-order valence-corrected chi connectivity index (χ2v) is 5.14. The molecule has 0 aliphatic heterocycles. The second kappa shape index (κ2) is 3.64. The van der Waals surface area contributed by atoms with Crippen LogP contribution in [0.4, 0.5) is 17.6 Å². The highest BCUT2D eigenvalue weighted by molar-refractivity contribution is 8.13. The molecule has 0 bridgehead atoms. The number of halogens is 5.